The van der Waals surface area contributed by atoms with E-state index in [2.05, 4.69) is 29.1 Å². The molecule has 6 nitrogen and oxygen atoms in total. The molecule has 0 aliphatic carbocycles. The highest BCUT2D eigenvalue weighted by Gasteiger charge is 2.31. The molecule has 0 spiro atoms. The first kappa shape index (κ1) is 22.4. The van der Waals surface area contributed by atoms with Gasteiger partial charge in [-0.05, 0) is 37.8 Å². The van der Waals surface area contributed by atoms with Gasteiger partial charge in [-0.2, -0.15) is 0 Å². The standard InChI is InChI=1S/C27H24N4O2S2/c1-15-19-12-33-27(2,3)11-18(19)22-23-24(35-25(22)30-15)26(29-14-28-23)34-13-21(32)31-20-10-6-8-16-7-4-5-9-17(16)20/h4-10,14H,11-13H2,1-3H3,(H,31,32). The van der Waals surface area contributed by atoms with Crippen molar-refractivity contribution in [3.8, 4) is 0 Å². The number of anilines is 1. The molecule has 35 heavy (non-hydrogen) atoms. The molecule has 1 aliphatic rings. The smallest absolute Gasteiger partial charge is 0.234 e. The van der Waals surface area contributed by atoms with Crippen LogP contribution >= 0.6 is 23.1 Å². The van der Waals surface area contributed by atoms with Gasteiger partial charge < -0.3 is 10.1 Å². The minimum absolute atomic E-state index is 0.0653. The van der Waals surface area contributed by atoms with E-state index in [9.17, 15) is 4.79 Å². The molecule has 2 aromatic carbocycles. The molecule has 5 aromatic rings. The van der Waals surface area contributed by atoms with Crippen molar-refractivity contribution in [2.24, 2.45) is 0 Å². The van der Waals surface area contributed by atoms with E-state index in [-0.39, 0.29) is 17.3 Å². The van der Waals surface area contributed by atoms with Gasteiger partial charge in [0.1, 0.15) is 16.2 Å². The lowest BCUT2D eigenvalue weighted by molar-refractivity contribution is -0.113. The number of aryl methyl sites for hydroxylation is 1. The number of pyridine rings is 1. The van der Waals surface area contributed by atoms with Gasteiger partial charge in [0.2, 0.25) is 5.91 Å². The lowest BCUT2D eigenvalue weighted by Gasteiger charge is -2.32. The van der Waals surface area contributed by atoms with E-state index < -0.39 is 0 Å². The summed E-state index contributed by atoms with van der Waals surface area (Å²) in [5.74, 6) is 0.194. The molecule has 0 radical (unpaired) electrons. The van der Waals surface area contributed by atoms with Gasteiger partial charge in [-0.15, -0.1) is 11.3 Å². The highest BCUT2D eigenvalue weighted by atomic mass is 32.2. The number of aromatic nitrogens is 3. The maximum absolute atomic E-state index is 12.8. The Morgan fingerprint density at radius 3 is 2.86 bits per heavy atom. The maximum atomic E-state index is 12.8. The first-order valence-electron chi connectivity index (χ1n) is 11.5. The van der Waals surface area contributed by atoms with Crippen LogP contribution in [0.15, 0.2) is 53.8 Å². The number of hydrogen-bond donors (Lipinski definition) is 1. The number of nitrogens with one attached hydrogen (secondary N) is 1. The summed E-state index contributed by atoms with van der Waals surface area (Å²) in [5.41, 5.74) is 4.95. The molecule has 8 heteroatoms. The summed E-state index contributed by atoms with van der Waals surface area (Å²) in [7, 11) is 0. The molecule has 1 aliphatic heterocycles. The Morgan fingerprint density at radius 2 is 1.97 bits per heavy atom. The van der Waals surface area contributed by atoms with Gasteiger partial charge in [-0.1, -0.05) is 48.2 Å². The number of carbonyl (C=O) groups is 1. The summed E-state index contributed by atoms with van der Waals surface area (Å²) in [6, 6.07) is 14.0. The Labute approximate surface area is 211 Å². The Hall–Kier alpha value is -3.07. The fourth-order valence-electron chi connectivity index (χ4n) is 4.70. The van der Waals surface area contributed by atoms with E-state index in [1.807, 2.05) is 49.4 Å². The first-order valence-corrected chi connectivity index (χ1v) is 13.3. The van der Waals surface area contributed by atoms with Crippen molar-refractivity contribution in [3.63, 3.8) is 0 Å². The molecule has 1 amide bonds. The molecule has 0 saturated carbocycles. The number of ether oxygens (including phenoxy) is 1. The number of carbonyl (C=O) groups excluding carboxylic acids is 1. The summed E-state index contributed by atoms with van der Waals surface area (Å²) < 4.78 is 7.04. The SMILES string of the molecule is Cc1nc2sc3c(SCC(=O)Nc4cccc5ccccc45)ncnc3c2c2c1COC(C)(C)C2. The van der Waals surface area contributed by atoms with E-state index in [4.69, 9.17) is 9.72 Å². The van der Waals surface area contributed by atoms with Gasteiger partial charge in [0.15, 0.2) is 0 Å². The number of nitrogens with zero attached hydrogens (tertiary/aromatic N) is 3. The van der Waals surface area contributed by atoms with Crippen LogP contribution in [0.1, 0.15) is 30.7 Å². The molecule has 4 heterocycles. The minimum Gasteiger partial charge on any atom is -0.370 e. The highest BCUT2D eigenvalue weighted by molar-refractivity contribution is 8.00. The van der Waals surface area contributed by atoms with Crippen LogP contribution in [-0.4, -0.2) is 32.2 Å². The zero-order chi connectivity index (χ0) is 24.2. The van der Waals surface area contributed by atoms with E-state index in [1.54, 1.807) is 17.7 Å². The molecule has 176 valence electrons. The van der Waals surface area contributed by atoms with Crippen LogP contribution in [0.3, 0.4) is 0 Å². The summed E-state index contributed by atoms with van der Waals surface area (Å²) in [5, 5.41) is 7.10. The molecule has 1 N–H and O–H groups in total. The first-order chi connectivity index (χ1) is 16.9. The largest absolute Gasteiger partial charge is 0.370 e. The molecular formula is C27H24N4O2S2. The fraction of sp³-hybridized carbons (Fsp3) is 0.259. The Kier molecular flexibility index (Phi) is 5.47. The normalized spacial score (nSPS) is 14.9. The van der Waals surface area contributed by atoms with Crippen molar-refractivity contribution in [1.82, 2.24) is 15.0 Å². The van der Waals surface area contributed by atoms with Crippen molar-refractivity contribution < 1.29 is 9.53 Å². The third kappa shape index (κ3) is 4.05. The van der Waals surface area contributed by atoms with Crippen LogP contribution < -0.4 is 5.32 Å². The van der Waals surface area contributed by atoms with Crippen molar-refractivity contribution in [3.05, 3.63) is 65.6 Å². The Morgan fingerprint density at radius 1 is 1.14 bits per heavy atom. The van der Waals surface area contributed by atoms with Gasteiger partial charge in [0.25, 0.3) is 0 Å². The summed E-state index contributed by atoms with van der Waals surface area (Å²) in [6.07, 6.45) is 2.41. The Bertz CT molecular complexity index is 1620. The van der Waals surface area contributed by atoms with E-state index in [0.29, 0.717) is 6.61 Å². The van der Waals surface area contributed by atoms with Crippen molar-refractivity contribution in [1.29, 1.82) is 0 Å². The zero-order valence-corrected chi connectivity index (χ0v) is 21.3. The van der Waals surface area contributed by atoms with Gasteiger partial charge in [0.05, 0.1) is 28.2 Å². The van der Waals surface area contributed by atoms with Gasteiger partial charge in [0, 0.05) is 34.1 Å². The van der Waals surface area contributed by atoms with Crippen molar-refractivity contribution >= 4 is 65.9 Å². The number of hydrogen-bond acceptors (Lipinski definition) is 7. The van der Waals surface area contributed by atoms with Crippen LogP contribution in [0.2, 0.25) is 0 Å². The molecule has 0 atom stereocenters. The number of amides is 1. The average Bonchev–Trinajstić information content (AvgIpc) is 3.21. The third-order valence-corrected chi connectivity index (χ3v) is 8.60. The molecule has 6 rings (SSSR count). The van der Waals surface area contributed by atoms with E-state index >= 15 is 0 Å². The second-order valence-electron chi connectivity index (χ2n) is 9.38. The number of thiophene rings is 1. The predicted molar refractivity (Wildman–Crippen MR) is 143 cm³/mol. The van der Waals surface area contributed by atoms with Crippen LogP contribution in [-0.2, 0) is 22.6 Å². The number of thioether (sulfide) groups is 1. The van der Waals surface area contributed by atoms with Crippen LogP contribution in [0.5, 0.6) is 0 Å². The quantitative estimate of drug-likeness (QED) is 0.231. The highest BCUT2D eigenvalue weighted by Crippen LogP contribution is 2.42. The second-order valence-corrected chi connectivity index (χ2v) is 11.3. The summed E-state index contributed by atoms with van der Waals surface area (Å²) in [4.78, 5) is 27.9. The molecule has 0 unspecified atom stereocenters. The van der Waals surface area contributed by atoms with Crippen LogP contribution in [0.4, 0.5) is 5.69 Å². The molecular weight excluding hydrogens is 476 g/mol. The van der Waals surface area contributed by atoms with Crippen LogP contribution in [0.25, 0.3) is 31.2 Å². The molecule has 0 saturated heterocycles. The number of fused-ring (bicyclic) bond motifs is 6. The third-order valence-electron chi connectivity index (χ3n) is 6.41. The van der Waals surface area contributed by atoms with Gasteiger partial charge >= 0.3 is 0 Å². The van der Waals surface area contributed by atoms with E-state index in [1.165, 1.54) is 22.9 Å². The number of rotatable bonds is 4. The fourth-order valence-corrected chi connectivity index (χ4v) is 6.79. The zero-order valence-electron chi connectivity index (χ0n) is 19.7. The Balaban J connectivity index is 1.31. The maximum Gasteiger partial charge on any atom is 0.234 e. The monoisotopic (exact) mass is 500 g/mol. The molecule has 3 aromatic heterocycles. The second kappa shape index (κ2) is 8.55. The summed E-state index contributed by atoms with van der Waals surface area (Å²) >= 11 is 3.04. The van der Waals surface area contributed by atoms with Crippen molar-refractivity contribution in [2.45, 2.75) is 44.4 Å². The minimum atomic E-state index is -0.230. The predicted octanol–water partition coefficient (Wildman–Crippen LogP) is 6.28. The van der Waals surface area contributed by atoms with Gasteiger partial charge in [-0.25, -0.2) is 15.0 Å². The van der Waals surface area contributed by atoms with Crippen LogP contribution in [0, 0.1) is 6.92 Å². The van der Waals surface area contributed by atoms with Gasteiger partial charge in [-0.3, -0.25) is 4.79 Å². The van der Waals surface area contributed by atoms with Crippen molar-refractivity contribution in [2.75, 3.05) is 11.1 Å². The molecule has 0 fully saturated rings. The topological polar surface area (TPSA) is 77.0 Å². The number of benzene rings is 2. The molecule has 0 bridgehead atoms. The summed E-state index contributed by atoms with van der Waals surface area (Å²) in [6.45, 7) is 6.85. The lowest BCUT2D eigenvalue weighted by Crippen LogP contribution is -2.32. The van der Waals surface area contributed by atoms with E-state index in [0.717, 1.165) is 54.0 Å². The lowest BCUT2D eigenvalue weighted by atomic mass is 9.89. The average molecular weight is 501 g/mol.